The molecule has 0 amide bonds. The van der Waals surface area contributed by atoms with Gasteiger partial charge in [0.25, 0.3) is 0 Å². The van der Waals surface area contributed by atoms with Crippen molar-refractivity contribution in [3.05, 3.63) is 29.3 Å². The molecule has 134 valence electrons. The minimum atomic E-state index is -0.421. The molecule has 1 saturated carbocycles. The fraction of sp³-hybridized carbons (Fsp3) is 0.529. The van der Waals surface area contributed by atoms with Gasteiger partial charge >= 0.3 is 5.97 Å². The van der Waals surface area contributed by atoms with E-state index in [-0.39, 0.29) is 24.0 Å². The predicted octanol–water partition coefficient (Wildman–Crippen LogP) is 2.84. The summed E-state index contributed by atoms with van der Waals surface area (Å²) < 4.78 is 9.97. The summed E-state index contributed by atoms with van der Waals surface area (Å²) >= 11 is 0. The first-order valence-corrected chi connectivity index (χ1v) is 7.95. The Morgan fingerprint density at radius 1 is 1.29 bits per heavy atom. The molecule has 1 aliphatic rings. The van der Waals surface area contributed by atoms with Crippen LogP contribution >= 0.6 is 24.0 Å². The smallest absolute Gasteiger partial charge is 0.341 e. The third-order valence-electron chi connectivity index (χ3n) is 4.06. The summed E-state index contributed by atoms with van der Waals surface area (Å²) in [6.07, 6.45) is 6.10. The second-order valence-electron chi connectivity index (χ2n) is 5.71. The van der Waals surface area contributed by atoms with Crippen molar-refractivity contribution in [1.29, 1.82) is 0 Å². The van der Waals surface area contributed by atoms with Gasteiger partial charge in [0.05, 0.1) is 20.8 Å². The molecule has 3 N–H and O–H groups in total. The van der Waals surface area contributed by atoms with Crippen molar-refractivity contribution in [2.45, 2.75) is 44.7 Å². The molecule has 0 aromatic heterocycles. The second kappa shape index (κ2) is 10.4. The van der Waals surface area contributed by atoms with Gasteiger partial charge in [-0.25, -0.2) is 9.79 Å². The Balaban J connectivity index is 0.00000288. The first-order valence-electron chi connectivity index (χ1n) is 7.95. The summed E-state index contributed by atoms with van der Waals surface area (Å²) in [6, 6.07) is 5.72. The zero-order valence-electron chi connectivity index (χ0n) is 14.2. The Bertz CT molecular complexity index is 572. The highest BCUT2D eigenvalue weighted by atomic mass is 127. The molecule has 0 bridgehead atoms. The van der Waals surface area contributed by atoms with Crippen LogP contribution in [-0.2, 0) is 11.3 Å². The van der Waals surface area contributed by atoms with E-state index in [4.69, 9.17) is 15.2 Å². The van der Waals surface area contributed by atoms with E-state index in [1.165, 1.54) is 33.5 Å². The number of hydrogen-bond donors (Lipinski definition) is 2. The van der Waals surface area contributed by atoms with Crippen LogP contribution in [0, 0.1) is 0 Å². The lowest BCUT2D eigenvalue weighted by Gasteiger charge is -2.23. The number of carbonyl (C=O) groups excluding carboxylic acids is 1. The molecule has 6 nitrogen and oxygen atoms in total. The van der Waals surface area contributed by atoms with E-state index in [2.05, 4.69) is 10.3 Å². The number of nitrogens with zero attached hydrogens (tertiary/aromatic N) is 1. The number of halogens is 1. The van der Waals surface area contributed by atoms with Gasteiger partial charge in [-0.1, -0.05) is 25.3 Å². The predicted molar refractivity (Wildman–Crippen MR) is 105 cm³/mol. The van der Waals surface area contributed by atoms with Crippen LogP contribution in [-0.4, -0.2) is 32.2 Å². The van der Waals surface area contributed by atoms with Gasteiger partial charge in [-0.15, -0.1) is 24.0 Å². The molecule has 0 saturated heterocycles. The summed E-state index contributed by atoms with van der Waals surface area (Å²) in [5, 5.41) is 3.28. The van der Waals surface area contributed by atoms with Crippen molar-refractivity contribution < 1.29 is 14.3 Å². The standard InChI is InChI=1S/C17H25N3O3.HI/c1-22-15-10-12(8-9-14(15)16(21)23-2)11-19-17(18)20-13-6-4-3-5-7-13;/h8-10,13H,3-7,11H2,1-2H3,(H3,18,19,20);1H. The third-order valence-corrected chi connectivity index (χ3v) is 4.06. The van der Waals surface area contributed by atoms with Crippen molar-refractivity contribution in [3.63, 3.8) is 0 Å². The normalized spacial score (nSPS) is 15.3. The van der Waals surface area contributed by atoms with E-state index in [9.17, 15) is 4.79 Å². The minimum Gasteiger partial charge on any atom is -0.496 e. The van der Waals surface area contributed by atoms with Gasteiger partial charge in [0.15, 0.2) is 5.96 Å². The summed E-state index contributed by atoms with van der Waals surface area (Å²) in [6.45, 7) is 0.434. The van der Waals surface area contributed by atoms with E-state index >= 15 is 0 Å². The van der Waals surface area contributed by atoms with Gasteiger partial charge < -0.3 is 20.5 Å². The molecule has 1 fully saturated rings. The number of nitrogens with two attached hydrogens (primary N) is 1. The number of nitrogens with one attached hydrogen (secondary N) is 1. The maximum Gasteiger partial charge on any atom is 0.341 e. The average Bonchev–Trinajstić information content (AvgIpc) is 2.60. The number of hydrogen-bond acceptors (Lipinski definition) is 4. The van der Waals surface area contributed by atoms with Crippen molar-refractivity contribution in [2.75, 3.05) is 14.2 Å². The molecule has 1 aliphatic carbocycles. The summed E-state index contributed by atoms with van der Waals surface area (Å²) in [5.41, 5.74) is 7.27. The zero-order chi connectivity index (χ0) is 16.7. The lowest BCUT2D eigenvalue weighted by atomic mass is 9.96. The van der Waals surface area contributed by atoms with Crippen LogP contribution in [0.3, 0.4) is 0 Å². The maximum absolute atomic E-state index is 11.6. The quantitative estimate of drug-likeness (QED) is 0.314. The number of methoxy groups -OCH3 is 2. The van der Waals surface area contributed by atoms with Gasteiger partial charge in [-0.3, -0.25) is 0 Å². The molecule has 0 spiro atoms. The summed E-state index contributed by atoms with van der Waals surface area (Å²) in [5.74, 6) is 0.520. The van der Waals surface area contributed by atoms with Gasteiger partial charge in [0.1, 0.15) is 11.3 Å². The minimum absolute atomic E-state index is 0. The summed E-state index contributed by atoms with van der Waals surface area (Å²) in [4.78, 5) is 16.0. The molecular weight excluding hydrogens is 421 g/mol. The Hall–Kier alpha value is -1.51. The number of guanidine groups is 1. The van der Waals surface area contributed by atoms with Crippen LogP contribution in [0.5, 0.6) is 5.75 Å². The van der Waals surface area contributed by atoms with Crippen LogP contribution in [0.25, 0.3) is 0 Å². The fourth-order valence-electron chi connectivity index (χ4n) is 2.79. The maximum atomic E-state index is 11.6. The number of ether oxygens (including phenoxy) is 2. The largest absolute Gasteiger partial charge is 0.496 e. The highest BCUT2D eigenvalue weighted by Gasteiger charge is 2.14. The number of carbonyl (C=O) groups is 1. The SMILES string of the molecule is COC(=O)c1ccc(CN=C(N)NC2CCCCC2)cc1OC.I. The molecule has 0 atom stereocenters. The van der Waals surface area contributed by atoms with Crippen molar-refractivity contribution in [1.82, 2.24) is 5.32 Å². The Labute approximate surface area is 160 Å². The molecule has 0 heterocycles. The van der Waals surface area contributed by atoms with E-state index in [1.807, 2.05) is 6.07 Å². The monoisotopic (exact) mass is 447 g/mol. The topological polar surface area (TPSA) is 85.9 Å². The fourth-order valence-corrected chi connectivity index (χ4v) is 2.79. The number of rotatable bonds is 5. The van der Waals surface area contributed by atoms with Crippen LogP contribution < -0.4 is 15.8 Å². The Morgan fingerprint density at radius 3 is 2.62 bits per heavy atom. The van der Waals surface area contributed by atoms with Crippen LogP contribution in [0.1, 0.15) is 48.0 Å². The van der Waals surface area contributed by atoms with Crippen LogP contribution in [0.15, 0.2) is 23.2 Å². The van der Waals surface area contributed by atoms with E-state index in [0.29, 0.717) is 29.9 Å². The highest BCUT2D eigenvalue weighted by molar-refractivity contribution is 14.0. The lowest BCUT2D eigenvalue weighted by molar-refractivity contribution is 0.0597. The first kappa shape index (κ1) is 20.5. The molecule has 2 rings (SSSR count). The molecule has 7 heteroatoms. The van der Waals surface area contributed by atoms with Crippen molar-refractivity contribution in [2.24, 2.45) is 10.7 Å². The van der Waals surface area contributed by atoms with Gasteiger partial charge in [-0.2, -0.15) is 0 Å². The second-order valence-corrected chi connectivity index (χ2v) is 5.71. The van der Waals surface area contributed by atoms with Crippen molar-refractivity contribution in [3.8, 4) is 5.75 Å². The molecule has 0 unspecified atom stereocenters. The van der Waals surface area contributed by atoms with E-state index in [1.54, 1.807) is 12.1 Å². The molecule has 0 aliphatic heterocycles. The average molecular weight is 447 g/mol. The van der Waals surface area contributed by atoms with Crippen LogP contribution in [0.4, 0.5) is 0 Å². The third kappa shape index (κ3) is 5.85. The number of benzene rings is 1. The van der Waals surface area contributed by atoms with E-state index < -0.39 is 5.97 Å². The van der Waals surface area contributed by atoms with E-state index in [0.717, 1.165) is 18.4 Å². The summed E-state index contributed by atoms with van der Waals surface area (Å²) in [7, 11) is 2.87. The molecule has 24 heavy (non-hydrogen) atoms. The van der Waals surface area contributed by atoms with Gasteiger partial charge in [-0.05, 0) is 30.5 Å². The van der Waals surface area contributed by atoms with Gasteiger partial charge in [0, 0.05) is 6.04 Å². The van der Waals surface area contributed by atoms with Gasteiger partial charge in [0.2, 0.25) is 0 Å². The van der Waals surface area contributed by atoms with Crippen molar-refractivity contribution >= 4 is 35.9 Å². The lowest BCUT2D eigenvalue weighted by Crippen LogP contribution is -2.41. The molecule has 1 aromatic carbocycles. The molecule has 0 radical (unpaired) electrons. The molecular formula is C17H26IN3O3. The number of esters is 1. The first-order chi connectivity index (χ1) is 11.1. The zero-order valence-corrected chi connectivity index (χ0v) is 16.5. The number of aliphatic imine (C=N–C) groups is 1. The molecule has 1 aromatic rings. The Kier molecular flexibility index (Phi) is 8.88. The Morgan fingerprint density at radius 2 is 2.00 bits per heavy atom. The van der Waals surface area contributed by atoms with Crippen LogP contribution in [0.2, 0.25) is 0 Å². The highest BCUT2D eigenvalue weighted by Crippen LogP contribution is 2.21.